The Labute approximate surface area is 760 Å². The molecule has 25 atom stereocenters. The van der Waals surface area contributed by atoms with Crippen molar-refractivity contribution in [3.05, 3.63) is 300 Å². The van der Waals surface area contributed by atoms with Crippen molar-refractivity contribution in [3.8, 4) is 0 Å². The van der Waals surface area contributed by atoms with Gasteiger partial charge in [0.15, 0.2) is 43.7 Å². The van der Waals surface area contributed by atoms with Crippen LogP contribution in [0.3, 0.4) is 0 Å². The number of ketones is 1. The topological polar surface area (TPSA) is 305 Å². The summed E-state index contributed by atoms with van der Waals surface area (Å²) in [5, 5.41) is 27.5. The van der Waals surface area contributed by atoms with Gasteiger partial charge in [-0.1, -0.05) is 284 Å². The molecule has 5 aliphatic heterocycles. The van der Waals surface area contributed by atoms with Gasteiger partial charge in [0.25, 0.3) is 9.70 Å². The average Bonchev–Trinajstić information content (AvgIpc) is 0.758. The number of nitrogens with one attached hydrogen (secondary N) is 1. The first-order valence-corrected chi connectivity index (χ1v) is 44.1. The fraction of sp³-hybridized carbons (Fsp3) is 0.449. The Bertz CT molecular complexity index is 4650. The summed E-state index contributed by atoms with van der Waals surface area (Å²) in [5.74, 6) is -3.32. The molecule has 0 unspecified atom stereocenters. The molecule has 0 spiro atoms. The minimum atomic E-state index is -2.78. The fourth-order valence-corrected chi connectivity index (χ4v) is 16.1. The first-order chi connectivity index (χ1) is 62.1. The normalized spacial score (nSPS) is 29.6. The number of hydrogen-bond donors (Lipinski definition) is 3. The molecule has 0 radical (unpaired) electrons. The van der Waals surface area contributed by atoms with E-state index in [1.807, 2.05) is 243 Å². The number of Topliss-reactive ketones (excluding diaryl/α,β-unsaturated/α-hetero) is 1. The number of carbonyl (C=O) groups is 4. The fourth-order valence-electron chi connectivity index (χ4n) is 16.0. The summed E-state index contributed by atoms with van der Waals surface area (Å²) in [6, 6.07) is 73.7. The Kier molecular flexibility index (Phi) is 37.0. The number of amides is 1. The monoisotopic (exact) mass is 1820 g/mol. The standard InChI is InChI=1S/C98H112Cl3NO26/c1-7-50-110-93-90(86(80(63(4)118-93)112-54-68-36-20-10-21-37-68)126-94-88(117-59-73-46-30-15-31-47-73)85(116-58-72-44-28-14-29-45-72)82(114-56-70-40-24-12-25-41-70)75(123-94)60-109-52-66-32-16-8-17-33-66)128-92-77(102-97(108)98(99,100)101)83(78(107)74(51-103)122-92)125-96-91(121-65(6)105)87(81(64(5)120-96)113-55-69-38-22-11-23-39-69)127-95-89(124-76(106)49-48-61(2)104)84(115-57-71-42-26-13-27-43-71)79(62(3)119-95)111-53-67-34-18-9-19-35-67/h7-47,62-64,74-75,77-96,103,107H,1,48-60H2,2-6H3,(H,102,108)/t62-,63-,64-,74+,75+,77+,78+,79-,80-,81-,82+,83+,84+,85-,86+,87+,88+,89+,90+,91+,92-,93+,94+,95-,96-/m0/s1. The summed E-state index contributed by atoms with van der Waals surface area (Å²) in [6.45, 7) is 10.6. The largest absolute Gasteiger partial charge is 0.454 e. The second-order valence-corrected chi connectivity index (χ2v) is 34.3. The van der Waals surface area contributed by atoms with Crippen LogP contribution in [0.5, 0.6) is 0 Å². The van der Waals surface area contributed by atoms with Gasteiger partial charge in [-0.25, -0.2) is 0 Å². The van der Waals surface area contributed by atoms with Gasteiger partial charge in [0.05, 0.1) is 97.4 Å². The van der Waals surface area contributed by atoms with E-state index in [0.717, 1.165) is 45.9 Å². The molecule has 5 aliphatic rings. The molecule has 8 aromatic carbocycles. The molecule has 128 heavy (non-hydrogen) atoms. The number of aliphatic hydroxyl groups excluding tert-OH is 2. The zero-order chi connectivity index (χ0) is 89.9. The molecule has 0 saturated carbocycles. The number of rotatable bonds is 43. The van der Waals surface area contributed by atoms with Gasteiger partial charge in [0.2, 0.25) is 0 Å². The minimum Gasteiger partial charge on any atom is -0.454 e. The Hall–Kier alpha value is -8.35. The van der Waals surface area contributed by atoms with E-state index in [-0.39, 0.29) is 84.7 Å². The lowest BCUT2D eigenvalue weighted by atomic mass is 9.94. The van der Waals surface area contributed by atoms with Crippen LogP contribution < -0.4 is 5.32 Å². The first-order valence-electron chi connectivity index (χ1n) is 43.0. The Balaban J connectivity index is 0.909. The second-order valence-electron chi connectivity index (χ2n) is 32.0. The van der Waals surface area contributed by atoms with E-state index in [4.69, 9.17) is 130 Å². The van der Waals surface area contributed by atoms with Gasteiger partial charge in [-0.3, -0.25) is 14.4 Å². The van der Waals surface area contributed by atoms with Crippen molar-refractivity contribution in [1.82, 2.24) is 5.32 Å². The molecule has 0 aliphatic carbocycles. The van der Waals surface area contributed by atoms with Gasteiger partial charge >= 0.3 is 11.9 Å². The number of alkyl halides is 3. The van der Waals surface area contributed by atoms with E-state index in [2.05, 4.69) is 11.9 Å². The Morgan fingerprint density at radius 2 is 0.703 bits per heavy atom. The summed E-state index contributed by atoms with van der Waals surface area (Å²) >= 11 is 19.7. The van der Waals surface area contributed by atoms with E-state index in [0.29, 0.717) is 5.56 Å². The van der Waals surface area contributed by atoms with Crippen LogP contribution in [0.2, 0.25) is 0 Å². The highest BCUT2D eigenvalue weighted by Crippen LogP contribution is 2.43. The highest BCUT2D eigenvalue weighted by atomic mass is 35.6. The summed E-state index contributed by atoms with van der Waals surface area (Å²) in [7, 11) is 0. The number of carbonyl (C=O) groups excluding carboxylic acids is 4. The van der Waals surface area contributed by atoms with Gasteiger partial charge in [-0.05, 0) is 72.2 Å². The molecule has 8 aromatic rings. The Morgan fingerprint density at radius 1 is 0.375 bits per heavy atom. The van der Waals surface area contributed by atoms with Crippen molar-refractivity contribution >= 4 is 58.4 Å². The zero-order valence-electron chi connectivity index (χ0n) is 71.8. The number of hydrogen-bond acceptors (Lipinski definition) is 26. The lowest BCUT2D eigenvalue weighted by Crippen LogP contribution is -2.71. The number of ether oxygens (including phenoxy) is 20. The first kappa shape index (κ1) is 97.2. The summed E-state index contributed by atoms with van der Waals surface area (Å²) in [5.41, 5.74) is 6.36. The van der Waals surface area contributed by atoms with Crippen molar-refractivity contribution in [2.75, 3.05) is 19.8 Å². The predicted octanol–water partition coefficient (Wildman–Crippen LogP) is 13.1. The van der Waals surface area contributed by atoms with Crippen molar-refractivity contribution in [2.45, 2.75) is 258 Å². The van der Waals surface area contributed by atoms with Crippen LogP contribution >= 0.6 is 34.8 Å². The van der Waals surface area contributed by atoms with Crippen LogP contribution in [-0.4, -0.2) is 211 Å². The van der Waals surface area contributed by atoms with Crippen LogP contribution in [0.1, 0.15) is 92.0 Å². The third-order valence-corrected chi connectivity index (χ3v) is 22.9. The summed E-state index contributed by atoms with van der Waals surface area (Å²) in [6.07, 6.45) is -33.3. The molecule has 686 valence electrons. The quantitative estimate of drug-likeness (QED) is 0.0182. The molecule has 5 saturated heterocycles. The average molecular weight is 1830 g/mol. The van der Waals surface area contributed by atoms with Crippen LogP contribution in [0.25, 0.3) is 0 Å². The molecule has 30 heteroatoms. The SMILES string of the molecule is C=CCO[C@@H]1O[C@@H](C)[C@H](OCc2ccccc2)[C@@H](O[C@H]2O[C@H](COCc3ccccc3)[C@@H](OCc3ccccc3)[C@H](OCc3ccccc3)[C@H]2OCc2ccccc2)[C@H]1O[C@@H]1O[C@H](CO)[C@@H](O)[C@H](O[C@@H]2O[C@@H](C)[C@H](OCc3ccccc3)[C@@H](O[C@@H]3O[C@@H](C)[C@H](OCc4ccccc4)[C@@H](OCc4ccccc4)[C@H]3OC(=O)CCC(C)=O)[C@H]2OC(C)=O)[C@H]1NC(=O)C(Cl)(Cl)Cl. The van der Waals surface area contributed by atoms with Crippen LogP contribution in [0.15, 0.2) is 255 Å². The molecule has 3 N–H and O–H groups in total. The summed E-state index contributed by atoms with van der Waals surface area (Å²) < 4.78 is 137. The number of esters is 2. The Morgan fingerprint density at radius 3 is 1.09 bits per heavy atom. The van der Waals surface area contributed by atoms with E-state index in [1.54, 1.807) is 20.8 Å². The lowest BCUT2D eigenvalue weighted by Gasteiger charge is -2.52. The third kappa shape index (κ3) is 27.4. The summed E-state index contributed by atoms with van der Waals surface area (Å²) in [4.78, 5) is 56.1. The zero-order valence-corrected chi connectivity index (χ0v) is 74.1. The molecule has 1 amide bonds. The van der Waals surface area contributed by atoms with Crippen LogP contribution in [0.4, 0.5) is 0 Å². The molecule has 13 rings (SSSR count). The van der Waals surface area contributed by atoms with Crippen LogP contribution in [-0.2, 0) is 167 Å². The highest BCUT2D eigenvalue weighted by molar-refractivity contribution is 6.76. The van der Waals surface area contributed by atoms with E-state index < -0.39 is 182 Å². The minimum absolute atomic E-state index is 0.00481. The lowest BCUT2D eigenvalue weighted by molar-refractivity contribution is -0.397. The van der Waals surface area contributed by atoms with Crippen molar-refractivity contribution in [3.63, 3.8) is 0 Å². The predicted molar refractivity (Wildman–Crippen MR) is 468 cm³/mol. The van der Waals surface area contributed by atoms with Crippen molar-refractivity contribution < 1.29 is 124 Å². The van der Waals surface area contributed by atoms with Gasteiger partial charge in [-0.15, -0.1) is 6.58 Å². The van der Waals surface area contributed by atoms with Crippen molar-refractivity contribution in [1.29, 1.82) is 0 Å². The van der Waals surface area contributed by atoms with Crippen LogP contribution in [0, 0.1) is 0 Å². The van der Waals surface area contributed by atoms with E-state index in [1.165, 1.54) is 13.0 Å². The molecule has 27 nitrogen and oxygen atoms in total. The molecular weight excluding hydrogens is 1710 g/mol. The number of benzene rings is 8. The molecule has 0 aromatic heterocycles. The smallest absolute Gasteiger partial charge is 0.306 e. The molecular formula is C98H112Cl3NO26. The van der Waals surface area contributed by atoms with E-state index >= 15 is 0 Å². The van der Waals surface area contributed by atoms with Gasteiger partial charge in [0, 0.05) is 13.3 Å². The third-order valence-electron chi connectivity index (χ3n) is 22.4. The molecule has 5 heterocycles. The number of aliphatic hydroxyl groups is 2. The maximum atomic E-state index is 14.9. The van der Waals surface area contributed by atoms with E-state index in [9.17, 15) is 29.4 Å². The molecule has 5 fully saturated rings. The maximum absolute atomic E-state index is 14.9. The molecule has 0 bridgehead atoms. The van der Waals surface area contributed by atoms with Gasteiger partial charge in [0.1, 0.15) is 97.3 Å². The second kappa shape index (κ2) is 48.7. The number of halogens is 3. The van der Waals surface area contributed by atoms with Crippen molar-refractivity contribution in [2.24, 2.45) is 0 Å². The van der Waals surface area contributed by atoms with Gasteiger partial charge in [-0.2, -0.15) is 0 Å². The maximum Gasteiger partial charge on any atom is 0.306 e. The highest BCUT2D eigenvalue weighted by Gasteiger charge is 2.61. The van der Waals surface area contributed by atoms with Gasteiger partial charge < -0.3 is 115 Å².